The molecule has 1 unspecified atom stereocenters. The number of hydrogen-bond acceptors (Lipinski definition) is 3. The molecule has 1 saturated heterocycles. The van der Waals surface area contributed by atoms with Crippen LogP contribution < -0.4 is 0 Å². The molecule has 122 valence electrons. The fourth-order valence-electron chi connectivity index (χ4n) is 2.47. The van der Waals surface area contributed by atoms with Crippen molar-refractivity contribution in [2.75, 3.05) is 26.2 Å². The van der Waals surface area contributed by atoms with Crippen LogP contribution in [0.15, 0.2) is 0 Å². The van der Waals surface area contributed by atoms with Crippen LogP contribution >= 0.6 is 0 Å². The molecule has 1 aliphatic heterocycles. The summed E-state index contributed by atoms with van der Waals surface area (Å²) >= 11 is 0. The summed E-state index contributed by atoms with van der Waals surface area (Å²) in [7, 11) is 0. The van der Waals surface area contributed by atoms with E-state index >= 15 is 0 Å². The lowest BCUT2D eigenvalue weighted by molar-refractivity contribution is -0.137. The lowest BCUT2D eigenvalue weighted by Gasteiger charge is -2.39. The van der Waals surface area contributed by atoms with Crippen molar-refractivity contribution < 1.29 is 19.4 Å². The van der Waals surface area contributed by atoms with E-state index in [1.807, 2.05) is 27.7 Å². The average Bonchev–Trinajstić information content (AvgIpc) is 2.86. The van der Waals surface area contributed by atoms with Crippen molar-refractivity contribution in [3.63, 3.8) is 0 Å². The summed E-state index contributed by atoms with van der Waals surface area (Å²) < 4.78 is 5.59. The van der Waals surface area contributed by atoms with Gasteiger partial charge in [0.25, 0.3) is 0 Å². The molecule has 6 heteroatoms. The maximum Gasteiger partial charge on any atom is 0.320 e. The van der Waals surface area contributed by atoms with Gasteiger partial charge < -0.3 is 19.6 Å². The molecule has 0 radical (unpaired) electrons. The van der Waals surface area contributed by atoms with Crippen molar-refractivity contribution in [2.24, 2.45) is 0 Å². The predicted molar refractivity (Wildman–Crippen MR) is 80.3 cm³/mol. The van der Waals surface area contributed by atoms with Crippen molar-refractivity contribution in [3.05, 3.63) is 0 Å². The van der Waals surface area contributed by atoms with Crippen LogP contribution in [-0.2, 0) is 9.53 Å². The molecule has 0 aromatic carbocycles. The zero-order valence-corrected chi connectivity index (χ0v) is 13.6. The number of amides is 2. The lowest BCUT2D eigenvalue weighted by Crippen LogP contribution is -2.53. The van der Waals surface area contributed by atoms with E-state index < -0.39 is 11.5 Å². The third kappa shape index (κ3) is 5.53. The Labute approximate surface area is 127 Å². The Hall–Kier alpha value is -1.30. The Kier molecular flexibility index (Phi) is 6.45. The molecule has 0 aromatic rings. The maximum atomic E-state index is 12.7. The highest BCUT2D eigenvalue weighted by Crippen LogP contribution is 2.19. The fraction of sp³-hybridized carbons (Fsp3) is 0.867. The number of nitrogens with zero attached hydrogens (tertiary/aromatic N) is 2. The molecular formula is C15H28N2O4. The largest absolute Gasteiger partial charge is 0.481 e. The minimum absolute atomic E-state index is 0.0412. The molecule has 0 spiro atoms. The monoisotopic (exact) mass is 300 g/mol. The first-order valence-corrected chi connectivity index (χ1v) is 7.65. The number of ether oxygens (including phenoxy) is 1. The van der Waals surface area contributed by atoms with Gasteiger partial charge in [-0.05, 0) is 40.5 Å². The van der Waals surface area contributed by atoms with Gasteiger partial charge in [-0.15, -0.1) is 0 Å². The Bertz CT molecular complexity index is 359. The van der Waals surface area contributed by atoms with Crippen molar-refractivity contribution in [2.45, 2.75) is 58.6 Å². The van der Waals surface area contributed by atoms with Crippen molar-refractivity contribution in [1.82, 2.24) is 9.80 Å². The van der Waals surface area contributed by atoms with Gasteiger partial charge in [0.15, 0.2) is 0 Å². The summed E-state index contributed by atoms with van der Waals surface area (Å²) in [4.78, 5) is 26.9. The highest BCUT2D eigenvalue weighted by atomic mass is 16.5. The minimum atomic E-state index is -0.890. The first-order valence-electron chi connectivity index (χ1n) is 7.65. The first kappa shape index (κ1) is 17.8. The molecular weight excluding hydrogens is 272 g/mol. The third-order valence-electron chi connectivity index (χ3n) is 3.69. The average molecular weight is 300 g/mol. The normalized spacial score (nSPS) is 18.6. The molecule has 1 rings (SSSR count). The summed E-state index contributed by atoms with van der Waals surface area (Å²) in [5.74, 6) is -0.890. The number of carboxylic acid groups (broad SMARTS) is 1. The van der Waals surface area contributed by atoms with Crippen LogP contribution in [0.3, 0.4) is 0 Å². The second-order valence-corrected chi connectivity index (χ2v) is 6.42. The van der Waals surface area contributed by atoms with Crippen LogP contribution in [0.25, 0.3) is 0 Å². The van der Waals surface area contributed by atoms with Crippen LogP contribution in [0.5, 0.6) is 0 Å². The van der Waals surface area contributed by atoms with Gasteiger partial charge >= 0.3 is 12.0 Å². The molecule has 1 fully saturated rings. The lowest BCUT2D eigenvalue weighted by atomic mass is 10.1. The van der Waals surface area contributed by atoms with Crippen molar-refractivity contribution in [1.29, 1.82) is 0 Å². The Balaban J connectivity index is 2.72. The van der Waals surface area contributed by atoms with E-state index in [1.54, 1.807) is 9.80 Å². The number of aliphatic carboxylic acids is 1. The van der Waals surface area contributed by atoms with E-state index in [0.29, 0.717) is 13.1 Å². The zero-order chi connectivity index (χ0) is 16.0. The summed E-state index contributed by atoms with van der Waals surface area (Å²) in [5.41, 5.74) is -0.406. The van der Waals surface area contributed by atoms with Crippen LogP contribution in [-0.4, -0.2) is 64.8 Å². The van der Waals surface area contributed by atoms with Gasteiger partial charge in [0, 0.05) is 31.8 Å². The van der Waals surface area contributed by atoms with Gasteiger partial charge in [-0.25, -0.2) is 4.79 Å². The maximum absolute atomic E-state index is 12.7. The molecule has 2 amide bonds. The van der Waals surface area contributed by atoms with Crippen LogP contribution in [0, 0.1) is 0 Å². The first-order chi connectivity index (χ1) is 9.75. The molecule has 1 atom stereocenters. The van der Waals surface area contributed by atoms with Gasteiger partial charge in [-0.1, -0.05) is 0 Å². The number of rotatable bonds is 6. The Morgan fingerprint density at radius 2 is 2.00 bits per heavy atom. The van der Waals surface area contributed by atoms with E-state index in [1.165, 1.54) is 0 Å². The van der Waals surface area contributed by atoms with Gasteiger partial charge in [-0.3, -0.25) is 4.79 Å². The van der Waals surface area contributed by atoms with Crippen molar-refractivity contribution >= 4 is 12.0 Å². The molecule has 21 heavy (non-hydrogen) atoms. The van der Waals surface area contributed by atoms with Gasteiger partial charge in [0.2, 0.25) is 0 Å². The van der Waals surface area contributed by atoms with E-state index in [2.05, 4.69) is 0 Å². The number of carbonyl (C=O) groups excluding carboxylic acids is 1. The summed E-state index contributed by atoms with van der Waals surface area (Å²) in [6.07, 6.45) is 2.09. The van der Waals surface area contributed by atoms with E-state index in [0.717, 1.165) is 19.4 Å². The second-order valence-electron chi connectivity index (χ2n) is 6.42. The van der Waals surface area contributed by atoms with E-state index in [9.17, 15) is 9.59 Å². The van der Waals surface area contributed by atoms with E-state index in [4.69, 9.17) is 9.84 Å². The van der Waals surface area contributed by atoms with E-state index in [-0.39, 0.29) is 25.1 Å². The predicted octanol–water partition coefficient (Wildman–Crippen LogP) is 2.18. The smallest absolute Gasteiger partial charge is 0.320 e. The number of urea groups is 1. The molecule has 0 aromatic heterocycles. The SMILES string of the molecule is CCN(CC1CCCO1)C(=O)N(CCC(=O)O)C(C)(C)C. The third-order valence-corrected chi connectivity index (χ3v) is 3.69. The van der Waals surface area contributed by atoms with Crippen LogP contribution in [0.2, 0.25) is 0 Å². The Morgan fingerprint density at radius 3 is 2.43 bits per heavy atom. The van der Waals surface area contributed by atoms with Crippen LogP contribution in [0.1, 0.15) is 47.0 Å². The summed E-state index contributed by atoms with van der Waals surface area (Å²) in [6, 6.07) is -0.109. The molecule has 6 nitrogen and oxygen atoms in total. The van der Waals surface area contributed by atoms with Crippen LogP contribution in [0.4, 0.5) is 4.79 Å². The molecule has 1 N–H and O–H groups in total. The number of carboxylic acids is 1. The molecule has 0 aliphatic carbocycles. The molecule has 0 saturated carbocycles. The standard InChI is InChI=1S/C15H28N2O4/c1-5-16(11-12-7-6-10-21-12)14(20)17(15(2,3)4)9-8-13(18)19/h12H,5-11H2,1-4H3,(H,18,19). The zero-order valence-electron chi connectivity index (χ0n) is 13.6. The van der Waals surface area contributed by atoms with Crippen molar-refractivity contribution in [3.8, 4) is 0 Å². The second kappa shape index (κ2) is 7.64. The number of hydrogen-bond donors (Lipinski definition) is 1. The minimum Gasteiger partial charge on any atom is -0.481 e. The van der Waals surface area contributed by atoms with Gasteiger partial charge in [-0.2, -0.15) is 0 Å². The van der Waals surface area contributed by atoms with Gasteiger partial charge in [0.1, 0.15) is 0 Å². The number of likely N-dealkylation sites (N-methyl/N-ethyl adjacent to an activating group) is 1. The highest BCUT2D eigenvalue weighted by molar-refractivity contribution is 5.76. The molecule has 0 bridgehead atoms. The van der Waals surface area contributed by atoms with Gasteiger partial charge in [0.05, 0.1) is 12.5 Å². The fourth-order valence-corrected chi connectivity index (χ4v) is 2.47. The summed E-state index contributed by atoms with van der Waals surface area (Å²) in [5, 5.41) is 8.86. The topological polar surface area (TPSA) is 70.1 Å². The number of carbonyl (C=O) groups is 2. The quantitative estimate of drug-likeness (QED) is 0.816. The molecule has 1 heterocycles. The summed E-state index contributed by atoms with van der Waals surface area (Å²) in [6.45, 7) is 9.86. The molecule has 1 aliphatic rings. The highest BCUT2D eigenvalue weighted by Gasteiger charge is 2.31. The Morgan fingerprint density at radius 1 is 1.33 bits per heavy atom.